The van der Waals surface area contributed by atoms with Gasteiger partial charge in [0.1, 0.15) is 0 Å². The van der Waals surface area contributed by atoms with Crippen molar-refractivity contribution in [3.63, 3.8) is 0 Å². The summed E-state index contributed by atoms with van der Waals surface area (Å²) < 4.78 is 0. The Morgan fingerprint density at radius 1 is 1.21 bits per heavy atom. The van der Waals surface area contributed by atoms with Crippen LogP contribution in [0.3, 0.4) is 0 Å². The standard InChI is InChI=1S/C18H18ClN3O2/c19-15-3-1-2-13(12-15)8-9-20-17(23)14-4-6-16(7-5-14)22-11-10-21-18(22)24/h1-7,12H,8-11H2,(H,20,23)(H,21,24). The molecule has 1 heterocycles. The number of carbonyl (C=O) groups excluding carboxylic acids is 2. The molecule has 0 unspecified atom stereocenters. The van der Waals surface area contributed by atoms with Crippen LogP contribution >= 0.6 is 11.6 Å². The van der Waals surface area contributed by atoms with Gasteiger partial charge in [0.05, 0.1) is 0 Å². The van der Waals surface area contributed by atoms with Crippen molar-refractivity contribution in [3.8, 4) is 0 Å². The Kier molecular flexibility index (Phi) is 5.01. The summed E-state index contributed by atoms with van der Waals surface area (Å²) in [7, 11) is 0. The first-order chi connectivity index (χ1) is 11.6. The second kappa shape index (κ2) is 7.36. The maximum atomic E-state index is 12.2. The highest BCUT2D eigenvalue weighted by atomic mass is 35.5. The number of nitrogens with one attached hydrogen (secondary N) is 2. The van der Waals surface area contributed by atoms with E-state index < -0.39 is 0 Å². The summed E-state index contributed by atoms with van der Waals surface area (Å²) in [5.74, 6) is -0.130. The Morgan fingerprint density at radius 2 is 2.00 bits per heavy atom. The van der Waals surface area contributed by atoms with Crippen molar-refractivity contribution in [1.82, 2.24) is 10.6 Å². The zero-order chi connectivity index (χ0) is 16.9. The fourth-order valence-corrected chi connectivity index (χ4v) is 2.84. The second-order valence-electron chi connectivity index (χ2n) is 5.57. The molecule has 0 bridgehead atoms. The minimum absolute atomic E-state index is 0.103. The number of rotatable bonds is 5. The van der Waals surface area contributed by atoms with Crippen molar-refractivity contribution >= 4 is 29.2 Å². The zero-order valence-corrected chi connectivity index (χ0v) is 13.8. The smallest absolute Gasteiger partial charge is 0.321 e. The summed E-state index contributed by atoms with van der Waals surface area (Å²) in [6.07, 6.45) is 0.721. The van der Waals surface area contributed by atoms with Crippen molar-refractivity contribution in [3.05, 3.63) is 64.7 Å². The number of anilines is 1. The van der Waals surface area contributed by atoms with Gasteiger partial charge >= 0.3 is 6.03 Å². The van der Waals surface area contributed by atoms with E-state index in [2.05, 4.69) is 10.6 Å². The van der Waals surface area contributed by atoms with Crippen LogP contribution in [0.1, 0.15) is 15.9 Å². The third-order valence-corrected chi connectivity index (χ3v) is 4.12. The first-order valence-electron chi connectivity index (χ1n) is 7.81. The monoisotopic (exact) mass is 343 g/mol. The first-order valence-corrected chi connectivity index (χ1v) is 8.19. The van der Waals surface area contributed by atoms with Crippen LogP contribution in [0.15, 0.2) is 48.5 Å². The van der Waals surface area contributed by atoms with Gasteiger partial charge < -0.3 is 10.6 Å². The van der Waals surface area contributed by atoms with E-state index in [1.807, 2.05) is 24.3 Å². The molecule has 6 heteroatoms. The predicted molar refractivity (Wildman–Crippen MR) is 94.7 cm³/mol. The van der Waals surface area contributed by atoms with Crippen LogP contribution in [-0.2, 0) is 6.42 Å². The summed E-state index contributed by atoms with van der Waals surface area (Å²) in [4.78, 5) is 25.4. The summed E-state index contributed by atoms with van der Waals surface area (Å²) in [6.45, 7) is 1.82. The Balaban J connectivity index is 1.54. The maximum Gasteiger partial charge on any atom is 0.321 e. The molecular weight excluding hydrogens is 326 g/mol. The molecule has 1 aliphatic rings. The lowest BCUT2D eigenvalue weighted by Gasteiger charge is -2.14. The normalized spacial score (nSPS) is 13.7. The number of nitrogens with zero attached hydrogens (tertiary/aromatic N) is 1. The predicted octanol–water partition coefficient (Wildman–Crippen LogP) is 2.84. The van der Waals surface area contributed by atoms with Gasteiger partial charge in [-0.05, 0) is 48.4 Å². The molecule has 124 valence electrons. The molecule has 2 N–H and O–H groups in total. The Labute approximate surface area is 145 Å². The van der Waals surface area contributed by atoms with Crippen LogP contribution < -0.4 is 15.5 Å². The summed E-state index contributed by atoms with van der Waals surface area (Å²) >= 11 is 5.94. The third-order valence-electron chi connectivity index (χ3n) is 3.89. The number of amides is 3. The third kappa shape index (κ3) is 3.86. The summed E-state index contributed by atoms with van der Waals surface area (Å²) in [6, 6.07) is 14.5. The van der Waals surface area contributed by atoms with Crippen molar-refractivity contribution in [2.75, 3.05) is 24.5 Å². The second-order valence-corrected chi connectivity index (χ2v) is 6.00. The molecule has 1 aliphatic heterocycles. The van der Waals surface area contributed by atoms with Crippen LogP contribution in [0, 0.1) is 0 Å². The molecule has 24 heavy (non-hydrogen) atoms. The van der Waals surface area contributed by atoms with Gasteiger partial charge in [-0.25, -0.2) is 4.79 Å². The Hall–Kier alpha value is -2.53. The molecule has 0 aliphatic carbocycles. The topological polar surface area (TPSA) is 61.4 Å². The Bertz CT molecular complexity index is 746. The average molecular weight is 344 g/mol. The summed E-state index contributed by atoms with van der Waals surface area (Å²) in [5, 5.41) is 6.34. The minimum Gasteiger partial charge on any atom is -0.352 e. The van der Waals surface area contributed by atoms with Crippen LogP contribution in [0.25, 0.3) is 0 Å². The molecule has 1 fully saturated rings. The molecule has 2 aromatic carbocycles. The molecule has 0 spiro atoms. The minimum atomic E-state index is -0.130. The Morgan fingerprint density at radius 3 is 2.67 bits per heavy atom. The highest BCUT2D eigenvalue weighted by Crippen LogP contribution is 2.17. The fourth-order valence-electron chi connectivity index (χ4n) is 2.63. The van der Waals surface area contributed by atoms with Gasteiger partial charge in [-0.1, -0.05) is 23.7 Å². The van der Waals surface area contributed by atoms with E-state index in [4.69, 9.17) is 11.6 Å². The van der Waals surface area contributed by atoms with Crippen molar-refractivity contribution in [2.45, 2.75) is 6.42 Å². The molecule has 5 nitrogen and oxygen atoms in total. The molecule has 3 amide bonds. The van der Waals surface area contributed by atoms with Gasteiger partial charge in [0, 0.05) is 35.9 Å². The number of hydrogen-bond acceptors (Lipinski definition) is 2. The van der Waals surface area contributed by atoms with Gasteiger partial charge in [0.25, 0.3) is 5.91 Å². The number of benzene rings is 2. The fraction of sp³-hybridized carbons (Fsp3) is 0.222. The van der Waals surface area contributed by atoms with Gasteiger partial charge in [0.2, 0.25) is 0 Å². The zero-order valence-electron chi connectivity index (χ0n) is 13.1. The van der Waals surface area contributed by atoms with Crippen LogP contribution in [0.4, 0.5) is 10.5 Å². The largest absolute Gasteiger partial charge is 0.352 e. The quantitative estimate of drug-likeness (QED) is 0.877. The SMILES string of the molecule is O=C(NCCc1cccc(Cl)c1)c1ccc(N2CCNC2=O)cc1. The molecule has 3 rings (SSSR count). The maximum absolute atomic E-state index is 12.2. The lowest BCUT2D eigenvalue weighted by molar-refractivity contribution is 0.0954. The average Bonchev–Trinajstić information content (AvgIpc) is 3.01. The van der Waals surface area contributed by atoms with Gasteiger partial charge in [-0.3, -0.25) is 9.69 Å². The number of halogens is 1. The van der Waals surface area contributed by atoms with E-state index in [9.17, 15) is 9.59 Å². The van der Waals surface area contributed by atoms with E-state index in [0.717, 1.165) is 17.7 Å². The molecule has 0 radical (unpaired) electrons. The first kappa shape index (κ1) is 16.3. The van der Waals surface area contributed by atoms with E-state index >= 15 is 0 Å². The van der Waals surface area contributed by atoms with Crippen molar-refractivity contribution in [1.29, 1.82) is 0 Å². The number of carbonyl (C=O) groups is 2. The van der Waals surface area contributed by atoms with Gasteiger partial charge in [-0.15, -0.1) is 0 Å². The van der Waals surface area contributed by atoms with E-state index in [-0.39, 0.29) is 11.9 Å². The van der Waals surface area contributed by atoms with E-state index in [0.29, 0.717) is 30.2 Å². The lowest BCUT2D eigenvalue weighted by Crippen LogP contribution is -2.28. The molecule has 0 aromatic heterocycles. The highest BCUT2D eigenvalue weighted by Gasteiger charge is 2.21. The van der Waals surface area contributed by atoms with Gasteiger partial charge in [0.15, 0.2) is 0 Å². The van der Waals surface area contributed by atoms with Gasteiger partial charge in [-0.2, -0.15) is 0 Å². The summed E-state index contributed by atoms with van der Waals surface area (Å²) in [5.41, 5.74) is 2.45. The van der Waals surface area contributed by atoms with E-state index in [1.54, 1.807) is 29.2 Å². The molecule has 0 atom stereocenters. The van der Waals surface area contributed by atoms with E-state index in [1.165, 1.54) is 0 Å². The lowest BCUT2D eigenvalue weighted by atomic mass is 10.1. The van der Waals surface area contributed by atoms with Crippen LogP contribution in [0.2, 0.25) is 5.02 Å². The number of urea groups is 1. The number of hydrogen-bond donors (Lipinski definition) is 2. The van der Waals surface area contributed by atoms with Crippen molar-refractivity contribution in [2.24, 2.45) is 0 Å². The molecular formula is C18H18ClN3O2. The molecule has 0 saturated carbocycles. The van der Waals surface area contributed by atoms with Crippen LogP contribution in [0.5, 0.6) is 0 Å². The van der Waals surface area contributed by atoms with Crippen LogP contribution in [-0.4, -0.2) is 31.6 Å². The van der Waals surface area contributed by atoms with Crippen molar-refractivity contribution < 1.29 is 9.59 Å². The molecule has 2 aromatic rings. The molecule has 1 saturated heterocycles. The highest BCUT2D eigenvalue weighted by molar-refractivity contribution is 6.30.